The standard InChI is InChI=1S/C25H27NO6/c1-14-9-7-10-17(20(14)24(28)26(4)5)11-8-12-18-22(30-6)15(2)19-13-31-25(29)21(19)23(18)32-16(3)27/h7-11H,12-13H2,1-6H3/b11-8+. The van der Waals surface area contributed by atoms with E-state index >= 15 is 0 Å². The van der Waals surface area contributed by atoms with E-state index in [9.17, 15) is 14.4 Å². The molecular formula is C25H27NO6. The van der Waals surface area contributed by atoms with Gasteiger partial charge in [0.15, 0.2) is 5.75 Å². The molecule has 0 atom stereocenters. The smallest absolute Gasteiger partial charge is 0.342 e. The van der Waals surface area contributed by atoms with Gasteiger partial charge in [0, 0.05) is 37.7 Å². The molecule has 1 aliphatic heterocycles. The number of nitrogens with zero attached hydrogens (tertiary/aromatic N) is 1. The van der Waals surface area contributed by atoms with Gasteiger partial charge in [0.1, 0.15) is 17.9 Å². The fourth-order valence-corrected chi connectivity index (χ4v) is 3.92. The Kier molecular flexibility index (Phi) is 6.67. The molecule has 0 aromatic heterocycles. The maximum Gasteiger partial charge on any atom is 0.342 e. The lowest BCUT2D eigenvalue weighted by atomic mass is 9.94. The Labute approximate surface area is 187 Å². The van der Waals surface area contributed by atoms with E-state index in [4.69, 9.17) is 14.2 Å². The molecule has 0 radical (unpaired) electrons. The van der Waals surface area contributed by atoms with E-state index in [0.717, 1.165) is 16.7 Å². The summed E-state index contributed by atoms with van der Waals surface area (Å²) in [5.74, 6) is -0.449. The highest BCUT2D eigenvalue weighted by molar-refractivity contribution is 6.00. The average molecular weight is 437 g/mol. The van der Waals surface area contributed by atoms with Crippen LogP contribution in [0.2, 0.25) is 0 Å². The SMILES string of the molecule is COc1c(C)c2c(c(OC(C)=O)c1C/C=C/c1cccc(C)c1C(=O)N(C)C)C(=O)OC2. The molecule has 1 amide bonds. The van der Waals surface area contributed by atoms with Gasteiger partial charge in [0.2, 0.25) is 0 Å². The fraction of sp³-hybridized carbons (Fsp3) is 0.320. The van der Waals surface area contributed by atoms with Crippen molar-refractivity contribution >= 4 is 23.9 Å². The fourth-order valence-electron chi connectivity index (χ4n) is 3.92. The quantitative estimate of drug-likeness (QED) is 0.504. The van der Waals surface area contributed by atoms with Crippen molar-refractivity contribution in [2.45, 2.75) is 33.8 Å². The van der Waals surface area contributed by atoms with Crippen molar-refractivity contribution in [1.29, 1.82) is 0 Å². The molecule has 2 aromatic rings. The first-order valence-electron chi connectivity index (χ1n) is 10.2. The number of cyclic esters (lactones) is 1. The number of fused-ring (bicyclic) bond motifs is 1. The normalized spacial score (nSPS) is 12.5. The van der Waals surface area contributed by atoms with Crippen molar-refractivity contribution in [3.05, 3.63) is 63.2 Å². The van der Waals surface area contributed by atoms with Crippen molar-refractivity contribution in [3.8, 4) is 11.5 Å². The number of amides is 1. The Hall–Kier alpha value is -3.61. The minimum absolute atomic E-state index is 0.0861. The van der Waals surface area contributed by atoms with Gasteiger partial charge < -0.3 is 19.1 Å². The summed E-state index contributed by atoms with van der Waals surface area (Å²) in [7, 11) is 4.96. The number of benzene rings is 2. The van der Waals surface area contributed by atoms with Gasteiger partial charge >= 0.3 is 11.9 Å². The van der Waals surface area contributed by atoms with E-state index in [-0.39, 0.29) is 23.8 Å². The topological polar surface area (TPSA) is 82.1 Å². The number of methoxy groups -OCH3 is 1. The van der Waals surface area contributed by atoms with Gasteiger partial charge in [-0.1, -0.05) is 30.4 Å². The number of hydrogen-bond acceptors (Lipinski definition) is 6. The Morgan fingerprint density at radius 1 is 1.19 bits per heavy atom. The van der Waals surface area contributed by atoms with Crippen LogP contribution in [0.5, 0.6) is 11.5 Å². The number of aryl methyl sites for hydroxylation is 1. The van der Waals surface area contributed by atoms with Crippen LogP contribution in [0.25, 0.3) is 6.08 Å². The number of esters is 2. The van der Waals surface area contributed by atoms with Crippen LogP contribution in [0.3, 0.4) is 0 Å². The second kappa shape index (κ2) is 9.26. The zero-order valence-corrected chi connectivity index (χ0v) is 19.2. The summed E-state index contributed by atoms with van der Waals surface area (Å²) in [6, 6.07) is 5.66. The molecule has 32 heavy (non-hydrogen) atoms. The van der Waals surface area contributed by atoms with Crippen LogP contribution in [0.1, 0.15) is 55.5 Å². The largest absolute Gasteiger partial charge is 0.496 e. The third-order valence-electron chi connectivity index (χ3n) is 5.42. The molecule has 168 valence electrons. The predicted molar refractivity (Wildman–Crippen MR) is 120 cm³/mol. The molecule has 1 aliphatic rings. The van der Waals surface area contributed by atoms with E-state index in [1.165, 1.54) is 18.9 Å². The Balaban J connectivity index is 2.08. The lowest BCUT2D eigenvalue weighted by Gasteiger charge is -2.18. The summed E-state index contributed by atoms with van der Waals surface area (Å²) in [6.45, 7) is 5.13. The average Bonchev–Trinajstić information content (AvgIpc) is 3.12. The summed E-state index contributed by atoms with van der Waals surface area (Å²) in [5.41, 5.74) is 4.53. The van der Waals surface area contributed by atoms with Crippen LogP contribution in [-0.4, -0.2) is 44.0 Å². The van der Waals surface area contributed by atoms with Crippen molar-refractivity contribution in [3.63, 3.8) is 0 Å². The first kappa shape index (κ1) is 23.1. The summed E-state index contributed by atoms with van der Waals surface area (Å²) < 4.78 is 16.3. The van der Waals surface area contributed by atoms with Crippen molar-refractivity contribution in [2.24, 2.45) is 0 Å². The monoisotopic (exact) mass is 437 g/mol. The van der Waals surface area contributed by atoms with E-state index < -0.39 is 11.9 Å². The van der Waals surface area contributed by atoms with E-state index in [0.29, 0.717) is 28.9 Å². The van der Waals surface area contributed by atoms with Gasteiger partial charge in [0.25, 0.3) is 5.91 Å². The third-order valence-corrected chi connectivity index (χ3v) is 5.42. The molecule has 0 fully saturated rings. The molecule has 0 unspecified atom stereocenters. The molecule has 3 rings (SSSR count). The van der Waals surface area contributed by atoms with Crippen molar-refractivity contribution in [2.75, 3.05) is 21.2 Å². The molecular weight excluding hydrogens is 410 g/mol. The molecule has 0 saturated carbocycles. The highest BCUT2D eigenvalue weighted by Crippen LogP contribution is 2.42. The first-order chi connectivity index (χ1) is 15.2. The predicted octanol–water partition coefficient (Wildman–Crippen LogP) is 3.87. The summed E-state index contributed by atoms with van der Waals surface area (Å²) in [6.07, 6.45) is 4.02. The molecule has 0 bridgehead atoms. The minimum Gasteiger partial charge on any atom is -0.496 e. The van der Waals surface area contributed by atoms with Crippen LogP contribution < -0.4 is 9.47 Å². The second-order valence-corrected chi connectivity index (χ2v) is 7.83. The lowest BCUT2D eigenvalue weighted by Crippen LogP contribution is -2.23. The highest BCUT2D eigenvalue weighted by Gasteiger charge is 2.33. The Morgan fingerprint density at radius 3 is 2.53 bits per heavy atom. The third kappa shape index (κ3) is 4.23. The highest BCUT2D eigenvalue weighted by atomic mass is 16.6. The molecule has 0 saturated heterocycles. The maximum atomic E-state index is 12.7. The number of carbonyl (C=O) groups excluding carboxylic acids is 3. The molecule has 0 N–H and O–H groups in total. The number of hydrogen-bond donors (Lipinski definition) is 0. The van der Waals surface area contributed by atoms with Crippen LogP contribution in [0.4, 0.5) is 0 Å². The number of rotatable bonds is 6. The molecule has 7 heteroatoms. The van der Waals surface area contributed by atoms with E-state index in [1.807, 2.05) is 44.2 Å². The molecule has 0 spiro atoms. The molecule has 0 aliphatic carbocycles. The zero-order chi connectivity index (χ0) is 23.6. The van der Waals surface area contributed by atoms with E-state index in [1.54, 1.807) is 14.1 Å². The molecule has 1 heterocycles. The van der Waals surface area contributed by atoms with Crippen LogP contribution in [0.15, 0.2) is 24.3 Å². The van der Waals surface area contributed by atoms with Crippen LogP contribution in [0, 0.1) is 13.8 Å². The van der Waals surface area contributed by atoms with E-state index in [2.05, 4.69) is 0 Å². The van der Waals surface area contributed by atoms with Gasteiger partial charge in [-0.25, -0.2) is 4.79 Å². The molecule has 7 nitrogen and oxygen atoms in total. The van der Waals surface area contributed by atoms with Gasteiger partial charge in [-0.3, -0.25) is 9.59 Å². The number of ether oxygens (including phenoxy) is 3. The van der Waals surface area contributed by atoms with Crippen molar-refractivity contribution in [1.82, 2.24) is 4.90 Å². The maximum absolute atomic E-state index is 12.7. The first-order valence-corrected chi connectivity index (χ1v) is 10.2. The van der Waals surface area contributed by atoms with Crippen LogP contribution in [-0.2, 0) is 22.6 Å². The Bertz CT molecular complexity index is 1130. The zero-order valence-electron chi connectivity index (χ0n) is 19.2. The molecule has 2 aromatic carbocycles. The van der Waals surface area contributed by atoms with Crippen LogP contribution >= 0.6 is 0 Å². The minimum atomic E-state index is -0.541. The number of carbonyl (C=O) groups is 3. The van der Waals surface area contributed by atoms with Gasteiger partial charge in [-0.2, -0.15) is 0 Å². The number of allylic oxidation sites excluding steroid dienone is 1. The van der Waals surface area contributed by atoms with Gasteiger partial charge in [-0.15, -0.1) is 0 Å². The van der Waals surface area contributed by atoms with Gasteiger partial charge in [0.05, 0.1) is 7.11 Å². The lowest BCUT2D eigenvalue weighted by molar-refractivity contribution is -0.131. The Morgan fingerprint density at radius 2 is 1.91 bits per heavy atom. The summed E-state index contributed by atoms with van der Waals surface area (Å²) >= 11 is 0. The van der Waals surface area contributed by atoms with Crippen molar-refractivity contribution < 1.29 is 28.6 Å². The summed E-state index contributed by atoms with van der Waals surface area (Å²) in [5, 5.41) is 0. The van der Waals surface area contributed by atoms with Gasteiger partial charge in [-0.05, 0) is 37.0 Å². The second-order valence-electron chi connectivity index (χ2n) is 7.83. The summed E-state index contributed by atoms with van der Waals surface area (Å²) in [4.78, 5) is 38.4.